The number of aryl methyl sites for hydroxylation is 1. The number of piperidine rings is 1. The number of ether oxygens (including phenoxy) is 1. The highest BCUT2D eigenvalue weighted by Gasteiger charge is 2.29. The molecule has 4 heterocycles. The van der Waals surface area contributed by atoms with Crippen molar-refractivity contribution in [3.63, 3.8) is 0 Å². The number of aromatic nitrogens is 2. The first-order valence-electron chi connectivity index (χ1n) is 13.8. The second-order valence-corrected chi connectivity index (χ2v) is 11.6. The number of fused-ring (bicyclic) bond motifs is 1. The van der Waals surface area contributed by atoms with Gasteiger partial charge in [0.25, 0.3) is 0 Å². The van der Waals surface area contributed by atoms with Gasteiger partial charge in [0, 0.05) is 36.6 Å². The van der Waals surface area contributed by atoms with Gasteiger partial charge in [-0.3, -0.25) is 0 Å². The first-order valence-corrected chi connectivity index (χ1v) is 14.7. The summed E-state index contributed by atoms with van der Waals surface area (Å²) in [5.41, 5.74) is 3.71. The summed E-state index contributed by atoms with van der Waals surface area (Å²) < 4.78 is 20.1. The van der Waals surface area contributed by atoms with Crippen LogP contribution in [0, 0.1) is 12.7 Å². The standard InChI is InChI=1S/C30H35FN6OS/c1-19(2)38-26-17-23(8-9-25(26)37-14-10-24(11-15-37)36-12-5-13-36)33-30-34-28(27-20(3)18-39-29(27)35-30)32-22-7-4-6-21(31)16-22/h4,6-9,16-19,24H,5,10-15H2,1-3H3,(H2,32,33,34,35). The smallest absolute Gasteiger partial charge is 0.230 e. The number of likely N-dealkylation sites (tertiary alicyclic amines) is 1. The highest BCUT2D eigenvalue weighted by Crippen LogP contribution is 2.37. The van der Waals surface area contributed by atoms with Crippen LogP contribution in [0.5, 0.6) is 5.75 Å². The van der Waals surface area contributed by atoms with Crippen molar-refractivity contribution in [1.29, 1.82) is 0 Å². The Morgan fingerprint density at radius 2 is 1.79 bits per heavy atom. The lowest BCUT2D eigenvalue weighted by Crippen LogP contribution is -2.50. The summed E-state index contributed by atoms with van der Waals surface area (Å²) >= 11 is 1.57. The largest absolute Gasteiger partial charge is 0.489 e. The van der Waals surface area contributed by atoms with Crippen LogP contribution in [-0.2, 0) is 0 Å². The Labute approximate surface area is 233 Å². The van der Waals surface area contributed by atoms with Crippen molar-refractivity contribution < 1.29 is 9.13 Å². The molecule has 6 rings (SSSR count). The van der Waals surface area contributed by atoms with E-state index >= 15 is 0 Å². The van der Waals surface area contributed by atoms with Crippen molar-refractivity contribution in [2.24, 2.45) is 0 Å². The van der Waals surface area contributed by atoms with E-state index in [-0.39, 0.29) is 11.9 Å². The summed E-state index contributed by atoms with van der Waals surface area (Å²) in [6.07, 6.45) is 3.78. The fraction of sp³-hybridized carbons (Fsp3) is 0.400. The maximum absolute atomic E-state index is 13.8. The van der Waals surface area contributed by atoms with E-state index in [1.54, 1.807) is 17.4 Å². The second-order valence-electron chi connectivity index (χ2n) is 10.7. The molecule has 7 nitrogen and oxygen atoms in total. The van der Waals surface area contributed by atoms with Crippen LogP contribution in [0.2, 0.25) is 0 Å². The molecule has 2 N–H and O–H groups in total. The molecule has 0 amide bonds. The van der Waals surface area contributed by atoms with Crippen LogP contribution < -0.4 is 20.3 Å². The lowest BCUT2D eigenvalue weighted by molar-refractivity contribution is 0.1000. The second kappa shape index (κ2) is 11.0. The van der Waals surface area contributed by atoms with E-state index in [0.717, 1.165) is 46.0 Å². The zero-order valence-electron chi connectivity index (χ0n) is 22.7. The van der Waals surface area contributed by atoms with Crippen molar-refractivity contribution in [3.8, 4) is 5.75 Å². The van der Waals surface area contributed by atoms with E-state index in [9.17, 15) is 4.39 Å². The number of anilines is 5. The Morgan fingerprint density at radius 1 is 1.00 bits per heavy atom. The van der Waals surface area contributed by atoms with Gasteiger partial charge in [-0.2, -0.15) is 4.98 Å². The summed E-state index contributed by atoms with van der Waals surface area (Å²) in [6.45, 7) is 10.7. The normalized spacial score (nSPS) is 16.5. The molecule has 2 aromatic heterocycles. The maximum Gasteiger partial charge on any atom is 0.230 e. The topological polar surface area (TPSA) is 65.6 Å². The van der Waals surface area contributed by atoms with Crippen LogP contribution >= 0.6 is 11.3 Å². The number of hydrogen-bond acceptors (Lipinski definition) is 8. The van der Waals surface area contributed by atoms with Crippen LogP contribution in [0.4, 0.5) is 33.2 Å². The summed E-state index contributed by atoms with van der Waals surface area (Å²) in [5.74, 6) is 1.69. The monoisotopic (exact) mass is 546 g/mol. The van der Waals surface area contributed by atoms with Gasteiger partial charge in [0.15, 0.2) is 0 Å². The van der Waals surface area contributed by atoms with Crippen molar-refractivity contribution >= 4 is 50.4 Å². The predicted octanol–water partition coefficient (Wildman–Crippen LogP) is 7.09. The van der Waals surface area contributed by atoms with Crippen LogP contribution in [0.1, 0.15) is 38.7 Å². The third-order valence-corrected chi connectivity index (χ3v) is 8.49. The van der Waals surface area contributed by atoms with Crippen molar-refractivity contribution in [3.05, 3.63) is 59.2 Å². The van der Waals surface area contributed by atoms with Gasteiger partial charge < -0.3 is 25.2 Å². The number of hydrogen-bond donors (Lipinski definition) is 2. The Bertz CT molecular complexity index is 1460. The molecule has 0 saturated carbocycles. The van der Waals surface area contributed by atoms with Gasteiger partial charge in [0.2, 0.25) is 5.95 Å². The van der Waals surface area contributed by atoms with Gasteiger partial charge >= 0.3 is 0 Å². The first kappa shape index (κ1) is 25.8. The summed E-state index contributed by atoms with van der Waals surface area (Å²) in [4.78, 5) is 15.5. The molecule has 0 bridgehead atoms. The third kappa shape index (κ3) is 5.65. The maximum atomic E-state index is 13.8. The van der Waals surface area contributed by atoms with Gasteiger partial charge in [0.1, 0.15) is 22.2 Å². The molecule has 39 heavy (non-hydrogen) atoms. The Hall–Kier alpha value is -3.43. The minimum atomic E-state index is -0.298. The van der Waals surface area contributed by atoms with Gasteiger partial charge in [0.05, 0.1) is 17.2 Å². The Morgan fingerprint density at radius 3 is 2.51 bits per heavy atom. The molecule has 2 saturated heterocycles. The molecular formula is C30H35FN6OS. The number of nitrogens with one attached hydrogen (secondary N) is 2. The summed E-state index contributed by atoms with van der Waals surface area (Å²) in [7, 11) is 0. The summed E-state index contributed by atoms with van der Waals surface area (Å²) in [5, 5.41) is 9.68. The molecule has 0 atom stereocenters. The van der Waals surface area contributed by atoms with Crippen molar-refractivity contribution in [2.45, 2.75) is 52.2 Å². The molecule has 2 fully saturated rings. The SMILES string of the molecule is Cc1csc2nc(Nc3ccc(N4CCC(N5CCC5)CC4)c(OC(C)C)c3)nc(Nc3cccc(F)c3)c12. The quantitative estimate of drug-likeness (QED) is 0.245. The lowest BCUT2D eigenvalue weighted by atomic mass is 9.99. The molecule has 9 heteroatoms. The first-order chi connectivity index (χ1) is 18.9. The molecule has 0 aliphatic carbocycles. The molecular weight excluding hydrogens is 511 g/mol. The zero-order chi connectivity index (χ0) is 26.9. The highest BCUT2D eigenvalue weighted by molar-refractivity contribution is 7.17. The average Bonchev–Trinajstić information content (AvgIpc) is 3.24. The van der Waals surface area contributed by atoms with Crippen LogP contribution in [0.25, 0.3) is 10.2 Å². The van der Waals surface area contributed by atoms with Crippen molar-refractivity contribution in [1.82, 2.24) is 14.9 Å². The third-order valence-electron chi connectivity index (χ3n) is 7.50. The molecule has 2 aliphatic rings. The van der Waals surface area contributed by atoms with E-state index in [2.05, 4.69) is 51.8 Å². The van der Waals surface area contributed by atoms with E-state index in [4.69, 9.17) is 14.7 Å². The van der Waals surface area contributed by atoms with Crippen molar-refractivity contribution in [2.75, 3.05) is 41.7 Å². The van der Waals surface area contributed by atoms with Gasteiger partial charge in [-0.25, -0.2) is 9.37 Å². The fourth-order valence-electron chi connectivity index (χ4n) is 5.44. The van der Waals surface area contributed by atoms with Crippen LogP contribution in [0.15, 0.2) is 47.8 Å². The molecule has 204 valence electrons. The summed E-state index contributed by atoms with van der Waals surface area (Å²) in [6, 6.07) is 13.4. The number of nitrogens with zero attached hydrogens (tertiary/aromatic N) is 4. The number of thiophene rings is 1. The Kier molecular flexibility index (Phi) is 7.27. The zero-order valence-corrected chi connectivity index (χ0v) is 23.5. The molecule has 0 radical (unpaired) electrons. The minimum absolute atomic E-state index is 0.0568. The average molecular weight is 547 g/mol. The van der Waals surface area contributed by atoms with Gasteiger partial charge in [-0.1, -0.05) is 6.07 Å². The van der Waals surface area contributed by atoms with E-state index in [0.29, 0.717) is 23.5 Å². The Balaban J connectivity index is 1.26. The van der Waals surface area contributed by atoms with E-state index in [1.165, 1.54) is 44.5 Å². The van der Waals surface area contributed by atoms with E-state index in [1.807, 2.05) is 19.1 Å². The van der Waals surface area contributed by atoms with Crippen LogP contribution in [-0.4, -0.2) is 53.2 Å². The number of benzene rings is 2. The predicted molar refractivity (Wildman–Crippen MR) is 159 cm³/mol. The van der Waals surface area contributed by atoms with Gasteiger partial charge in [-0.15, -0.1) is 11.3 Å². The lowest BCUT2D eigenvalue weighted by Gasteiger charge is -2.43. The molecule has 0 spiro atoms. The van der Waals surface area contributed by atoms with E-state index < -0.39 is 0 Å². The number of rotatable bonds is 8. The minimum Gasteiger partial charge on any atom is -0.489 e. The fourth-order valence-corrected chi connectivity index (χ4v) is 6.36. The number of halogens is 1. The van der Waals surface area contributed by atoms with Crippen LogP contribution in [0.3, 0.4) is 0 Å². The van der Waals surface area contributed by atoms with Gasteiger partial charge in [-0.05, 0) is 94.4 Å². The molecule has 2 aliphatic heterocycles. The molecule has 0 unspecified atom stereocenters. The highest BCUT2D eigenvalue weighted by atomic mass is 32.1. The molecule has 4 aromatic rings. The molecule has 2 aromatic carbocycles.